The average molecular weight is 392 g/mol. The Morgan fingerprint density at radius 3 is 2.44 bits per heavy atom. The van der Waals surface area contributed by atoms with Crippen LogP contribution in [0.1, 0.15) is 36.4 Å². The van der Waals surface area contributed by atoms with Crippen LogP contribution in [0.5, 0.6) is 0 Å². The summed E-state index contributed by atoms with van der Waals surface area (Å²) in [7, 11) is 0. The number of nitrogens with zero attached hydrogens (tertiary/aromatic N) is 4. The van der Waals surface area contributed by atoms with E-state index in [-0.39, 0.29) is 6.04 Å². The number of thiophene rings is 1. The van der Waals surface area contributed by atoms with E-state index in [2.05, 4.69) is 48.0 Å². The highest BCUT2D eigenvalue weighted by molar-refractivity contribution is 7.11. The summed E-state index contributed by atoms with van der Waals surface area (Å²) in [5.74, 6) is 1.29. The molecule has 1 unspecified atom stereocenters. The molecule has 1 aromatic rings. The van der Waals surface area contributed by atoms with Crippen molar-refractivity contribution in [1.82, 2.24) is 20.0 Å². The zero-order chi connectivity index (χ0) is 19.2. The molecule has 6 nitrogen and oxygen atoms in total. The molecule has 150 valence electrons. The molecule has 3 rings (SSSR count). The summed E-state index contributed by atoms with van der Waals surface area (Å²) < 4.78 is 0. The topological polar surface area (TPSA) is 51.2 Å². The smallest absolute Gasteiger partial charge is 0.239 e. The van der Waals surface area contributed by atoms with Gasteiger partial charge in [-0.3, -0.25) is 9.69 Å². The van der Waals surface area contributed by atoms with E-state index in [0.717, 1.165) is 71.2 Å². The van der Waals surface area contributed by atoms with Crippen molar-refractivity contribution < 1.29 is 4.79 Å². The molecule has 2 saturated heterocycles. The van der Waals surface area contributed by atoms with Gasteiger partial charge < -0.3 is 15.1 Å². The zero-order valence-corrected chi connectivity index (χ0v) is 17.7. The van der Waals surface area contributed by atoms with E-state index in [1.807, 2.05) is 16.2 Å². The molecule has 0 aromatic carbocycles. The second-order valence-corrected chi connectivity index (χ2v) is 8.79. The number of hydrogen-bond acceptors (Lipinski definition) is 4. The van der Waals surface area contributed by atoms with E-state index in [1.54, 1.807) is 0 Å². The van der Waals surface area contributed by atoms with Crippen LogP contribution in [-0.4, -0.2) is 78.4 Å². The number of aryl methyl sites for hydroxylation is 1. The number of hydrogen-bond donors (Lipinski definition) is 1. The first-order valence-electron chi connectivity index (χ1n) is 10.2. The van der Waals surface area contributed by atoms with Gasteiger partial charge in [-0.2, -0.15) is 0 Å². The maximum atomic E-state index is 12.7. The first kappa shape index (κ1) is 20.1. The Labute approximate surface area is 167 Å². The molecule has 3 heterocycles. The zero-order valence-electron chi connectivity index (χ0n) is 16.9. The molecule has 27 heavy (non-hydrogen) atoms. The monoisotopic (exact) mass is 391 g/mol. The van der Waals surface area contributed by atoms with Gasteiger partial charge in [0, 0.05) is 55.6 Å². The fraction of sp³-hybridized carbons (Fsp3) is 0.700. The minimum Gasteiger partial charge on any atom is -0.357 e. The molecule has 1 amide bonds. The molecule has 7 heteroatoms. The first-order valence-corrected chi connectivity index (χ1v) is 11.0. The van der Waals surface area contributed by atoms with Crippen molar-refractivity contribution in [2.75, 3.05) is 45.8 Å². The predicted octanol–water partition coefficient (Wildman–Crippen LogP) is 2.15. The summed E-state index contributed by atoms with van der Waals surface area (Å²) in [4.78, 5) is 26.8. The van der Waals surface area contributed by atoms with Crippen molar-refractivity contribution in [2.24, 2.45) is 4.99 Å². The van der Waals surface area contributed by atoms with Gasteiger partial charge in [-0.05, 0) is 45.7 Å². The first-order chi connectivity index (χ1) is 13.1. The van der Waals surface area contributed by atoms with Gasteiger partial charge in [-0.1, -0.05) is 0 Å². The predicted molar refractivity (Wildman–Crippen MR) is 112 cm³/mol. The maximum Gasteiger partial charge on any atom is 0.239 e. The number of amides is 1. The van der Waals surface area contributed by atoms with Gasteiger partial charge in [0.25, 0.3) is 0 Å². The van der Waals surface area contributed by atoms with Gasteiger partial charge in [-0.25, -0.2) is 4.99 Å². The highest BCUT2D eigenvalue weighted by Crippen LogP contribution is 2.17. The van der Waals surface area contributed by atoms with Crippen LogP contribution in [0.2, 0.25) is 0 Å². The lowest BCUT2D eigenvalue weighted by molar-refractivity contribution is -0.135. The van der Waals surface area contributed by atoms with Gasteiger partial charge in [0.1, 0.15) is 0 Å². The Morgan fingerprint density at radius 2 is 1.85 bits per heavy atom. The molecule has 2 fully saturated rings. The molecule has 0 aliphatic carbocycles. The van der Waals surface area contributed by atoms with E-state index in [9.17, 15) is 4.79 Å². The van der Waals surface area contributed by atoms with Gasteiger partial charge in [0.05, 0.1) is 12.6 Å². The molecular formula is C20H33N5OS. The van der Waals surface area contributed by atoms with Crippen molar-refractivity contribution in [3.63, 3.8) is 0 Å². The molecule has 0 spiro atoms. The molecule has 1 atom stereocenters. The SMILES string of the molecule is CCNC(=NCc1ccc(C)s1)N1CCN(C(C)C(=O)N2CCCC2)CC1. The number of nitrogens with one attached hydrogen (secondary N) is 1. The minimum absolute atomic E-state index is 0.0149. The van der Waals surface area contributed by atoms with Gasteiger partial charge >= 0.3 is 0 Å². The number of piperazine rings is 1. The van der Waals surface area contributed by atoms with E-state index in [4.69, 9.17) is 4.99 Å². The second kappa shape index (κ2) is 9.55. The van der Waals surface area contributed by atoms with E-state index < -0.39 is 0 Å². The summed E-state index contributed by atoms with van der Waals surface area (Å²) in [6.07, 6.45) is 2.30. The summed E-state index contributed by atoms with van der Waals surface area (Å²) in [5.41, 5.74) is 0. The fourth-order valence-corrected chi connectivity index (χ4v) is 4.64. The van der Waals surface area contributed by atoms with E-state index in [0.29, 0.717) is 5.91 Å². The lowest BCUT2D eigenvalue weighted by Gasteiger charge is -2.39. The maximum absolute atomic E-state index is 12.7. The largest absolute Gasteiger partial charge is 0.357 e. The highest BCUT2D eigenvalue weighted by atomic mass is 32.1. The lowest BCUT2D eigenvalue weighted by atomic mass is 10.2. The number of aliphatic imine (C=N–C) groups is 1. The van der Waals surface area contributed by atoms with Crippen molar-refractivity contribution in [3.05, 3.63) is 21.9 Å². The van der Waals surface area contributed by atoms with Crippen LogP contribution in [0, 0.1) is 6.92 Å². The van der Waals surface area contributed by atoms with Gasteiger partial charge in [0.2, 0.25) is 5.91 Å². The second-order valence-electron chi connectivity index (χ2n) is 7.41. The van der Waals surface area contributed by atoms with Crippen LogP contribution in [0.4, 0.5) is 0 Å². The van der Waals surface area contributed by atoms with Crippen LogP contribution < -0.4 is 5.32 Å². The fourth-order valence-electron chi connectivity index (χ4n) is 3.83. The molecule has 0 radical (unpaired) electrons. The van der Waals surface area contributed by atoms with Crippen LogP contribution in [-0.2, 0) is 11.3 Å². The van der Waals surface area contributed by atoms with E-state index in [1.165, 1.54) is 9.75 Å². The standard InChI is InChI=1S/C20H33N5OS/c1-4-21-20(22-15-18-8-7-16(2)27-18)25-13-11-23(12-14-25)17(3)19(26)24-9-5-6-10-24/h7-8,17H,4-6,9-15H2,1-3H3,(H,21,22). The summed E-state index contributed by atoms with van der Waals surface area (Å²) in [5, 5.41) is 3.43. The summed E-state index contributed by atoms with van der Waals surface area (Å²) >= 11 is 1.81. The van der Waals surface area contributed by atoms with Crippen LogP contribution >= 0.6 is 11.3 Å². The van der Waals surface area contributed by atoms with Gasteiger partial charge in [0.15, 0.2) is 5.96 Å². The molecule has 0 saturated carbocycles. The van der Waals surface area contributed by atoms with Crippen LogP contribution in [0.25, 0.3) is 0 Å². The Morgan fingerprint density at radius 1 is 1.15 bits per heavy atom. The lowest BCUT2D eigenvalue weighted by Crippen LogP contribution is -2.57. The number of likely N-dealkylation sites (tertiary alicyclic amines) is 1. The normalized spacial score (nSPS) is 20.2. The summed E-state index contributed by atoms with van der Waals surface area (Å²) in [6, 6.07) is 4.30. The van der Waals surface area contributed by atoms with Crippen molar-refractivity contribution in [1.29, 1.82) is 0 Å². The Kier molecular flexibility index (Phi) is 7.13. The molecule has 2 aliphatic rings. The third kappa shape index (κ3) is 5.23. The van der Waals surface area contributed by atoms with Gasteiger partial charge in [-0.15, -0.1) is 11.3 Å². The number of rotatable bonds is 5. The highest BCUT2D eigenvalue weighted by Gasteiger charge is 2.30. The minimum atomic E-state index is -0.0149. The molecule has 1 aromatic heterocycles. The average Bonchev–Trinajstić information content (AvgIpc) is 3.36. The quantitative estimate of drug-likeness (QED) is 0.617. The molecule has 1 N–H and O–H groups in total. The van der Waals surface area contributed by atoms with Crippen molar-refractivity contribution >= 4 is 23.2 Å². The Balaban J connectivity index is 1.54. The number of guanidine groups is 1. The van der Waals surface area contributed by atoms with Crippen LogP contribution in [0.3, 0.4) is 0 Å². The van der Waals surface area contributed by atoms with Crippen LogP contribution in [0.15, 0.2) is 17.1 Å². The number of carbonyl (C=O) groups is 1. The third-order valence-corrected chi connectivity index (χ3v) is 6.44. The molecule has 2 aliphatic heterocycles. The Bertz CT molecular complexity index is 645. The van der Waals surface area contributed by atoms with Crippen molar-refractivity contribution in [2.45, 2.75) is 46.2 Å². The summed E-state index contributed by atoms with van der Waals surface area (Å²) in [6.45, 7) is 13.4. The van der Waals surface area contributed by atoms with E-state index >= 15 is 0 Å². The molecule has 0 bridgehead atoms. The van der Waals surface area contributed by atoms with Crippen molar-refractivity contribution in [3.8, 4) is 0 Å². The Hall–Kier alpha value is -1.60. The molecular weight excluding hydrogens is 358 g/mol. The number of carbonyl (C=O) groups excluding carboxylic acids is 1. The third-order valence-electron chi connectivity index (χ3n) is 5.45.